The molecule has 0 radical (unpaired) electrons. The monoisotopic (exact) mass is 269 g/mol. The Balaban J connectivity index is 2.39. The molecule has 0 aliphatic carbocycles. The molecule has 1 aliphatic heterocycles. The van der Waals surface area contributed by atoms with E-state index in [0.29, 0.717) is 5.41 Å². The molecular weight excluding hydrogens is 234 g/mol. The Bertz CT molecular complexity index is 244. The lowest BCUT2D eigenvalue weighted by atomic mass is 9.84. The average molecular weight is 269 g/mol. The van der Waals surface area contributed by atoms with Gasteiger partial charge in [-0.2, -0.15) is 0 Å². The quantitative estimate of drug-likeness (QED) is 0.693. The Morgan fingerprint density at radius 2 is 2.11 bits per heavy atom. The summed E-state index contributed by atoms with van der Waals surface area (Å²) in [7, 11) is 4.55. The van der Waals surface area contributed by atoms with Crippen molar-refractivity contribution in [2.24, 2.45) is 11.3 Å². The van der Waals surface area contributed by atoms with E-state index in [-0.39, 0.29) is 0 Å². The summed E-state index contributed by atoms with van der Waals surface area (Å²) >= 11 is 0. The third kappa shape index (κ3) is 6.24. The minimum Gasteiger partial charge on any atom is -0.316 e. The van der Waals surface area contributed by atoms with Crippen LogP contribution in [0.2, 0.25) is 0 Å². The highest BCUT2D eigenvalue weighted by molar-refractivity contribution is 4.82. The Morgan fingerprint density at radius 1 is 1.37 bits per heavy atom. The zero-order chi connectivity index (χ0) is 14.3. The second-order valence-electron chi connectivity index (χ2n) is 6.95. The summed E-state index contributed by atoms with van der Waals surface area (Å²) in [6.07, 6.45) is 3.97. The molecule has 1 heterocycles. The van der Waals surface area contributed by atoms with E-state index in [2.05, 4.69) is 50.0 Å². The van der Waals surface area contributed by atoms with Crippen molar-refractivity contribution in [3.8, 4) is 0 Å². The largest absolute Gasteiger partial charge is 0.316 e. The van der Waals surface area contributed by atoms with Gasteiger partial charge >= 0.3 is 0 Å². The van der Waals surface area contributed by atoms with Crippen molar-refractivity contribution >= 4 is 0 Å². The fourth-order valence-electron chi connectivity index (χ4n) is 3.59. The van der Waals surface area contributed by atoms with Crippen LogP contribution in [-0.2, 0) is 0 Å². The highest BCUT2D eigenvalue weighted by atomic mass is 15.2. The van der Waals surface area contributed by atoms with Gasteiger partial charge in [-0.1, -0.05) is 27.2 Å². The fraction of sp³-hybridized carbons (Fsp3) is 1.00. The first-order valence-electron chi connectivity index (χ1n) is 8.07. The standard InChI is InChI=1S/C16H35N3/c1-6-9-16(3,13-17-7-2)14-19(5)12-15-8-10-18(4)11-15/h15,17H,6-14H2,1-5H3. The Hall–Kier alpha value is -0.120. The van der Waals surface area contributed by atoms with E-state index in [4.69, 9.17) is 0 Å². The number of nitrogens with one attached hydrogen (secondary N) is 1. The molecule has 3 nitrogen and oxygen atoms in total. The molecule has 0 saturated carbocycles. The second-order valence-corrected chi connectivity index (χ2v) is 6.95. The minimum absolute atomic E-state index is 0.421. The molecule has 1 N–H and O–H groups in total. The average Bonchev–Trinajstić information content (AvgIpc) is 2.72. The first-order valence-corrected chi connectivity index (χ1v) is 8.07. The molecule has 1 fully saturated rings. The molecule has 0 amide bonds. The summed E-state index contributed by atoms with van der Waals surface area (Å²) < 4.78 is 0. The lowest BCUT2D eigenvalue weighted by Crippen LogP contribution is -2.42. The van der Waals surface area contributed by atoms with Gasteiger partial charge in [0, 0.05) is 26.2 Å². The number of nitrogens with zero attached hydrogens (tertiary/aromatic N) is 2. The van der Waals surface area contributed by atoms with Gasteiger partial charge in [-0.05, 0) is 51.4 Å². The molecule has 2 unspecified atom stereocenters. The Morgan fingerprint density at radius 3 is 2.63 bits per heavy atom. The van der Waals surface area contributed by atoms with E-state index < -0.39 is 0 Å². The third-order valence-corrected chi connectivity index (χ3v) is 4.37. The van der Waals surface area contributed by atoms with E-state index in [1.165, 1.54) is 45.4 Å². The van der Waals surface area contributed by atoms with Crippen LogP contribution < -0.4 is 5.32 Å². The van der Waals surface area contributed by atoms with Crippen LogP contribution in [-0.4, -0.2) is 63.2 Å². The zero-order valence-corrected chi connectivity index (χ0v) is 13.8. The molecule has 1 rings (SSSR count). The highest BCUT2D eigenvalue weighted by Crippen LogP contribution is 2.25. The van der Waals surface area contributed by atoms with E-state index >= 15 is 0 Å². The maximum Gasteiger partial charge on any atom is 0.00446 e. The summed E-state index contributed by atoms with van der Waals surface area (Å²) in [6.45, 7) is 14.2. The topological polar surface area (TPSA) is 18.5 Å². The number of likely N-dealkylation sites (tertiary alicyclic amines) is 1. The number of hydrogen-bond donors (Lipinski definition) is 1. The van der Waals surface area contributed by atoms with Crippen molar-refractivity contribution in [3.63, 3.8) is 0 Å². The SMILES string of the molecule is CCCC(C)(CNCC)CN(C)CC1CCN(C)C1. The van der Waals surface area contributed by atoms with Crippen molar-refractivity contribution < 1.29 is 0 Å². The van der Waals surface area contributed by atoms with Crippen LogP contribution in [0.1, 0.15) is 40.0 Å². The summed E-state index contributed by atoms with van der Waals surface area (Å²) in [5, 5.41) is 3.54. The highest BCUT2D eigenvalue weighted by Gasteiger charge is 2.27. The van der Waals surface area contributed by atoms with Crippen LogP contribution in [0.5, 0.6) is 0 Å². The predicted octanol–water partition coefficient (Wildman–Crippen LogP) is 2.29. The van der Waals surface area contributed by atoms with Crippen LogP contribution in [0.3, 0.4) is 0 Å². The molecule has 0 aromatic carbocycles. The Labute approximate surface area is 120 Å². The van der Waals surface area contributed by atoms with Crippen molar-refractivity contribution in [3.05, 3.63) is 0 Å². The van der Waals surface area contributed by atoms with Gasteiger partial charge < -0.3 is 15.1 Å². The van der Waals surface area contributed by atoms with Crippen molar-refractivity contribution in [1.29, 1.82) is 0 Å². The summed E-state index contributed by atoms with van der Waals surface area (Å²) in [4.78, 5) is 5.03. The smallest absolute Gasteiger partial charge is 0.00446 e. The molecule has 2 atom stereocenters. The zero-order valence-electron chi connectivity index (χ0n) is 13.8. The van der Waals surface area contributed by atoms with Gasteiger partial charge in [0.2, 0.25) is 0 Å². The van der Waals surface area contributed by atoms with Gasteiger partial charge in [0.05, 0.1) is 0 Å². The van der Waals surface area contributed by atoms with Gasteiger partial charge in [-0.3, -0.25) is 0 Å². The van der Waals surface area contributed by atoms with Gasteiger partial charge in [-0.25, -0.2) is 0 Å². The molecule has 114 valence electrons. The van der Waals surface area contributed by atoms with Crippen molar-refractivity contribution in [2.75, 3.05) is 53.4 Å². The number of hydrogen-bond acceptors (Lipinski definition) is 3. The van der Waals surface area contributed by atoms with Gasteiger partial charge in [0.15, 0.2) is 0 Å². The maximum atomic E-state index is 3.54. The van der Waals surface area contributed by atoms with Crippen molar-refractivity contribution in [2.45, 2.75) is 40.0 Å². The number of rotatable bonds is 9. The first kappa shape index (κ1) is 16.9. The molecule has 0 bridgehead atoms. The normalized spacial score (nSPS) is 24.0. The summed E-state index contributed by atoms with van der Waals surface area (Å²) in [5.74, 6) is 0.875. The second kappa shape index (κ2) is 8.23. The molecule has 19 heavy (non-hydrogen) atoms. The van der Waals surface area contributed by atoms with Gasteiger partial charge in [0.25, 0.3) is 0 Å². The van der Waals surface area contributed by atoms with Crippen LogP contribution in [0.15, 0.2) is 0 Å². The lowest BCUT2D eigenvalue weighted by molar-refractivity contribution is 0.158. The van der Waals surface area contributed by atoms with Gasteiger partial charge in [0.1, 0.15) is 0 Å². The maximum absolute atomic E-state index is 3.54. The lowest BCUT2D eigenvalue weighted by Gasteiger charge is -2.35. The third-order valence-electron chi connectivity index (χ3n) is 4.37. The molecule has 1 saturated heterocycles. The van der Waals surface area contributed by atoms with Crippen LogP contribution in [0, 0.1) is 11.3 Å². The molecule has 0 aromatic heterocycles. The minimum atomic E-state index is 0.421. The predicted molar refractivity (Wildman–Crippen MR) is 84.7 cm³/mol. The van der Waals surface area contributed by atoms with E-state index in [0.717, 1.165) is 19.0 Å². The van der Waals surface area contributed by atoms with Gasteiger partial charge in [-0.15, -0.1) is 0 Å². The molecule has 0 spiro atoms. The summed E-state index contributed by atoms with van der Waals surface area (Å²) in [6, 6.07) is 0. The molecule has 0 aromatic rings. The van der Waals surface area contributed by atoms with E-state index in [1.54, 1.807) is 0 Å². The molecule has 3 heteroatoms. The fourth-order valence-corrected chi connectivity index (χ4v) is 3.59. The van der Waals surface area contributed by atoms with E-state index in [9.17, 15) is 0 Å². The molecular formula is C16H35N3. The Kier molecular flexibility index (Phi) is 7.33. The van der Waals surface area contributed by atoms with Crippen molar-refractivity contribution in [1.82, 2.24) is 15.1 Å². The van der Waals surface area contributed by atoms with Crippen LogP contribution in [0.25, 0.3) is 0 Å². The summed E-state index contributed by atoms with van der Waals surface area (Å²) in [5.41, 5.74) is 0.421. The molecule has 1 aliphatic rings. The van der Waals surface area contributed by atoms with Crippen LogP contribution in [0.4, 0.5) is 0 Å². The van der Waals surface area contributed by atoms with E-state index in [1.807, 2.05) is 0 Å². The first-order chi connectivity index (χ1) is 8.99. The van der Waals surface area contributed by atoms with Crippen LogP contribution >= 0.6 is 0 Å².